The minimum Gasteiger partial charge on any atom is -0.192 e. The molecule has 0 N–H and O–H groups in total. The Morgan fingerprint density at radius 1 is 0.643 bits per heavy atom. The van der Waals surface area contributed by atoms with Gasteiger partial charge in [0.2, 0.25) is 0 Å². The van der Waals surface area contributed by atoms with Crippen molar-refractivity contribution < 1.29 is 0 Å². The zero-order valence-corrected chi connectivity index (χ0v) is 15.5. The Bertz CT molecular complexity index is 1240. The molecule has 1 heteroatoms. The molecule has 0 amide bonds. The van der Waals surface area contributed by atoms with Crippen molar-refractivity contribution in [2.75, 3.05) is 0 Å². The number of hydrogen-bond donors (Lipinski definition) is 0. The molecule has 4 rings (SSSR count). The van der Waals surface area contributed by atoms with Gasteiger partial charge >= 0.3 is 0 Å². The van der Waals surface area contributed by atoms with Gasteiger partial charge in [-0.3, -0.25) is 0 Å². The van der Waals surface area contributed by atoms with Gasteiger partial charge in [0.25, 0.3) is 0 Å². The molecule has 0 saturated carbocycles. The van der Waals surface area contributed by atoms with E-state index in [1.807, 2.05) is 42.5 Å². The van der Waals surface area contributed by atoms with E-state index in [0.29, 0.717) is 5.56 Å². The second kappa shape index (κ2) is 7.39. The molecule has 0 radical (unpaired) electrons. The van der Waals surface area contributed by atoms with Crippen molar-refractivity contribution in [3.05, 3.63) is 109 Å². The Hall–Kier alpha value is -3.89. The van der Waals surface area contributed by atoms with Gasteiger partial charge in [-0.05, 0) is 56.3 Å². The lowest BCUT2D eigenvalue weighted by molar-refractivity contribution is 1.48. The van der Waals surface area contributed by atoms with E-state index in [-0.39, 0.29) is 0 Å². The predicted octanol–water partition coefficient (Wildman–Crippen LogP) is 7.33. The standard InChI is InChI=1S/C27H19N/c1-3-22-23(4-2)27(21-14-10-11-19(17-21)18-28)25-16-9-8-15-24(25)26(22)20-12-6-5-7-13-20/h3-17H,1-2H2. The van der Waals surface area contributed by atoms with Crippen LogP contribution in [0.4, 0.5) is 0 Å². The fourth-order valence-corrected chi connectivity index (χ4v) is 3.87. The number of fused-ring (bicyclic) bond motifs is 1. The average molecular weight is 357 g/mol. The summed E-state index contributed by atoms with van der Waals surface area (Å²) >= 11 is 0. The summed E-state index contributed by atoms with van der Waals surface area (Å²) in [5.41, 5.74) is 7.12. The molecule has 0 heterocycles. The Morgan fingerprint density at radius 2 is 1.18 bits per heavy atom. The summed E-state index contributed by atoms with van der Waals surface area (Å²) in [5.74, 6) is 0. The highest BCUT2D eigenvalue weighted by Crippen LogP contribution is 2.43. The van der Waals surface area contributed by atoms with Crippen LogP contribution in [0.25, 0.3) is 45.2 Å². The minimum absolute atomic E-state index is 0.642. The summed E-state index contributed by atoms with van der Waals surface area (Å²) < 4.78 is 0. The van der Waals surface area contributed by atoms with Crippen molar-refractivity contribution in [2.45, 2.75) is 0 Å². The number of benzene rings is 4. The van der Waals surface area contributed by atoms with Crippen molar-refractivity contribution in [2.24, 2.45) is 0 Å². The van der Waals surface area contributed by atoms with Gasteiger partial charge in [-0.2, -0.15) is 5.26 Å². The Morgan fingerprint density at radius 3 is 1.75 bits per heavy atom. The third-order valence-electron chi connectivity index (χ3n) is 5.05. The van der Waals surface area contributed by atoms with Crippen LogP contribution in [0.3, 0.4) is 0 Å². The fraction of sp³-hybridized carbons (Fsp3) is 0. The van der Waals surface area contributed by atoms with Crippen LogP contribution >= 0.6 is 0 Å². The largest absolute Gasteiger partial charge is 0.192 e. The zero-order chi connectivity index (χ0) is 19.5. The molecule has 1 nitrogen and oxygen atoms in total. The first-order chi connectivity index (χ1) is 13.8. The van der Waals surface area contributed by atoms with Gasteiger partial charge in [0, 0.05) is 0 Å². The predicted molar refractivity (Wildman–Crippen MR) is 120 cm³/mol. The van der Waals surface area contributed by atoms with E-state index in [0.717, 1.165) is 44.2 Å². The normalized spacial score (nSPS) is 10.4. The Balaban J connectivity index is 2.20. The van der Waals surface area contributed by atoms with Crippen LogP contribution < -0.4 is 0 Å². The monoisotopic (exact) mass is 357 g/mol. The van der Waals surface area contributed by atoms with E-state index in [9.17, 15) is 5.26 Å². The van der Waals surface area contributed by atoms with Crippen LogP contribution in [0, 0.1) is 11.3 Å². The van der Waals surface area contributed by atoms with Crippen LogP contribution in [0.2, 0.25) is 0 Å². The molecular weight excluding hydrogens is 338 g/mol. The molecule has 0 saturated heterocycles. The van der Waals surface area contributed by atoms with E-state index in [2.05, 4.69) is 67.8 Å². The van der Waals surface area contributed by atoms with Crippen molar-refractivity contribution in [1.82, 2.24) is 0 Å². The molecule has 28 heavy (non-hydrogen) atoms. The van der Waals surface area contributed by atoms with Gasteiger partial charge < -0.3 is 0 Å². The second-order valence-corrected chi connectivity index (χ2v) is 6.59. The molecule has 0 aliphatic rings. The van der Waals surface area contributed by atoms with E-state index < -0.39 is 0 Å². The highest BCUT2D eigenvalue weighted by molar-refractivity contribution is 6.11. The lowest BCUT2D eigenvalue weighted by Crippen LogP contribution is -1.96. The SMILES string of the molecule is C=Cc1c(C=C)c(-c2cccc(C#N)c2)c2ccccc2c1-c1ccccc1. The Labute approximate surface area is 165 Å². The average Bonchev–Trinajstić information content (AvgIpc) is 2.77. The highest BCUT2D eigenvalue weighted by Gasteiger charge is 2.18. The van der Waals surface area contributed by atoms with E-state index in [4.69, 9.17) is 0 Å². The topological polar surface area (TPSA) is 23.8 Å². The van der Waals surface area contributed by atoms with Crippen LogP contribution in [-0.2, 0) is 0 Å². The molecule has 0 atom stereocenters. The number of hydrogen-bond acceptors (Lipinski definition) is 1. The van der Waals surface area contributed by atoms with Crippen LogP contribution in [0.1, 0.15) is 16.7 Å². The van der Waals surface area contributed by atoms with Crippen molar-refractivity contribution in [1.29, 1.82) is 5.26 Å². The first-order valence-corrected chi connectivity index (χ1v) is 9.18. The summed E-state index contributed by atoms with van der Waals surface area (Å²) in [6, 6.07) is 28.7. The van der Waals surface area contributed by atoms with Gasteiger partial charge in [0.15, 0.2) is 0 Å². The van der Waals surface area contributed by atoms with Gasteiger partial charge in [-0.1, -0.05) is 92.0 Å². The van der Waals surface area contributed by atoms with Gasteiger partial charge in [0.05, 0.1) is 11.6 Å². The zero-order valence-electron chi connectivity index (χ0n) is 15.5. The summed E-state index contributed by atoms with van der Waals surface area (Å²) in [5, 5.41) is 11.7. The van der Waals surface area contributed by atoms with E-state index >= 15 is 0 Å². The van der Waals surface area contributed by atoms with Gasteiger partial charge in [-0.15, -0.1) is 0 Å². The molecule has 0 spiro atoms. The quantitative estimate of drug-likeness (QED) is 0.375. The number of nitriles is 1. The molecule has 0 aliphatic carbocycles. The lowest BCUT2D eigenvalue weighted by Gasteiger charge is -2.20. The maximum Gasteiger partial charge on any atom is 0.0991 e. The molecule has 0 unspecified atom stereocenters. The third-order valence-corrected chi connectivity index (χ3v) is 5.05. The van der Waals surface area contributed by atoms with E-state index in [1.165, 1.54) is 0 Å². The van der Waals surface area contributed by atoms with Crippen molar-refractivity contribution in [3.8, 4) is 28.3 Å². The van der Waals surface area contributed by atoms with Crippen LogP contribution in [0.5, 0.6) is 0 Å². The molecular formula is C27H19N. The smallest absolute Gasteiger partial charge is 0.0991 e. The molecule has 0 aromatic heterocycles. The fourth-order valence-electron chi connectivity index (χ4n) is 3.87. The first kappa shape index (κ1) is 17.5. The molecule has 0 fully saturated rings. The highest BCUT2D eigenvalue weighted by atomic mass is 14.2. The molecule has 0 bridgehead atoms. The minimum atomic E-state index is 0.642. The molecule has 0 aliphatic heterocycles. The summed E-state index contributed by atoms with van der Waals surface area (Å²) in [4.78, 5) is 0. The number of nitrogens with zero attached hydrogens (tertiary/aromatic N) is 1. The summed E-state index contributed by atoms with van der Waals surface area (Å²) in [7, 11) is 0. The Kier molecular flexibility index (Phi) is 4.62. The first-order valence-electron chi connectivity index (χ1n) is 9.18. The molecule has 4 aromatic carbocycles. The second-order valence-electron chi connectivity index (χ2n) is 6.59. The van der Waals surface area contributed by atoms with Gasteiger partial charge in [0.1, 0.15) is 0 Å². The third kappa shape index (κ3) is 2.82. The summed E-state index contributed by atoms with van der Waals surface area (Å²) in [6.07, 6.45) is 3.80. The summed E-state index contributed by atoms with van der Waals surface area (Å²) in [6.45, 7) is 8.20. The van der Waals surface area contributed by atoms with Crippen molar-refractivity contribution in [3.63, 3.8) is 0 Å². The van der Waals surface area contributed by atoms with Gasteiger partial charge in [-0.25, -0.2) is 0 Å². The molecule has 132 valence electrons. The van der Waals surface area contributed by atoms with E-state index in [1.54, 1.807) is 0 Å². The van der Waals surface area contributed by atoms with Crippen LogP contribution in [-0.4, -0.2) is 0 Å². The maximum absolute atomic E-state index is 9.36. The van der Waals surface area contributed by atoms with Crippen molar-refractivity contribution >= 4 is 22.9 Å². The van der Waals surface area contributed by atoms with Crippen LogP contribution in [0.15, 0.2) is 92.0 Å². The molecule has 4 aromatic rings. The maximum atomic E-state index is 9.36. The lowest BCUT2D eigenvalue weighted by atomic mass is 9.83. The number of rotatable bonds is 4.